The molecule has 0 unspecified atom stereocenters. The summed E-state index contributed by atoms with van der Waals surface area (Å²) in [6.07, 6.45) is -6.59. The van der Waals surface area contributed by atoms with E-state index in [1.807, 2.05) is 6.92 Å². The Morgan fingerprint density at radius 1 is 0.889 bits per heavy atom. The lowest BCUT2D eigenvalue weighted by atomic mass is 10.0. The van der Waals surface area contributed by atoms with Gasteiger partial charge in [-0.3, -0.25) is 4.98 Å². The molecule has 3 heterocycles. The highest BCUT2D eigenvalue weighted by Crippen LogP contribution is 2.38. The molecule has 1 N–H and O–H groups in total. The van der Waals surface area contributed by atoms with Crippen LogP contribution in [0.2, 0.25) is 0 Å². The van der Waals surface area contributed by atoms with Crippen molar-refractivity contribution in [2.24, 2.45) is 0 Å². The summed E-state index contributed by atoms with van der Waals surface area (Å²) in [5.41, 5.74) is -0.612. The van der Waals surface area contributed by atoms with Gasteiger partial charge in [-0.1, -0.05) is 25.5 Å². The van der Waals surface area contributed by atoms with Crippen LogP contribution in [-0.2, 0) is 18.8 Å². The molecule has 0 aliphatic heterocycles. The molecule has 0 fully saturated rings. The number of hydrogen-bond acceptors (Lipinski definition) is 6. The minimum Gasteiger partial charge on any atom is -0.481 e. The second kappa shape index (κ2) is 9.59. The van der Waals surface area contributed by atoms with Crippen molar-refractivity contribution in [2.45, 2.75) is 32.1 Å². The minimum absolute atomic E-state index is 0.0209. The highest BCUT2D eigenvalue weighted by atomic mass is 19.4. The second-order valence-corrected chi connectivity index (χ2v) is 7.81. The first kappa shape index (κ1) is 25.1. The summed E-state index contributed by atoms with van der Waals surface area (Å²) < 4.78 is 84.5. The number of halogens is 6. The largest absolute Gasteiger partial charge is 0.481 e. The number of methoxy groups -OCH3 is 1. The molecule has 0 bridgehead atoms. The summed E-state index contributed by atoms with van der Waals surface area (Å²) >= 11 is 0. The van der Waals surface area contributed by atoms with Gasteiger partial charge in [0.2, 0.25) is 11.8 Å². The first-order valence-electron chi connectivity index (χ1n) is 10.7. The van der Waals surface area contributed by atoms with E-state index in [1.54, 1.807) is 12.1 Å². The number of aryl methyl sites for hydroxylation is 1. The third-order valence-corrected chi connectivity index (χ3v) is 5.25. The Bertz CT molecular complexity index is 1390. The van der Waals surface area contributed by atoms with Crippen molar-refractivity contribution in [3.63, 3.8) is 0 Å². The average Bonchev–Trinajstić information content (AvgIpc) is 2.82. The fraction of sp³-hybridized carbons (Fsp3) is 0.250. The zero-order chi connectivity index (χ0) is 26.1. The molecule has 36 heavy (non-hydrogen) atoms. The molecule has 1 aromatic carbocycles. The molecule has 0 saturated carbocycles. The number of nitrogens with one attached hydrogen (secondary N) is 1. The topological polar surface area (TPSA) is 72.8 Å². The van der Waals surface area contributed by atoms with Gasteiger partial charge in [-0.15, -0.1) is 0 Å². The van der Waals surface area contributed by atoms with Crippen LogP contribution in [0.5, 0.6) is 5.88 Å². The highest BCUT2D eigenvalue weighted by molar-refractivity contribution is 5.95. The van der Waals surface area contributed by atoms with Crippen LogP contribution >= 0.6 is 0 Å². The van der Waals surface area contributed by atoms with Gasteiger partial charge in [0.15, 0.2) is 0 Å². The fourth-order valence-corrected chi connectivity index (χ4v) is 3.58. The molecule has 0 spiro atoms. The summed E-state index contributed by atoms with van der Waals surface area (Å²) in [4.78, 5) is 16.0. The number of rotatable bonds is 6. The highest BCUT2D eigenvalue weighted by Gasteiger charge is 2.35. The van der Waals surface area contributed by atoms with Crippen LogP contribution in [0.25, 0.3) is 22.2 Å². The van der Waals surface area contributed by atoms with Crippen molar-refractivity contribution >= 4 is 22.5 Å². The van der Waals surface area contributed by atoms with Gasteiger partial charge in [-0.05, 0) is 24.6 Å². The monoisotopic (exact) mass is 507 g/mol. The third-order valence-electron chi connectivity index (χ3n) is 5.25. The predicted octanol–water partition coefficient (Wildman–Crippen LogP) is 6.83. The molecule has 4 rings (SSSR count). The van der Waals surface area contributed by atoms with Gasteiger partial charge in [-0.25, -0.2) is 15.0 Å². The molecule has 0 aliphatic rings. The van der Waals surface area contributed by atoms with Crippen molar-refractivity contribution < 1.29 is 31.1 Å². The lowest BCUT2D eigenvalue weighted by molar-refractivity contribution is -0.138. The van der Waals surface area contributed by atoms with Gasteiger partial charge in [0.1, 0.15) is 0 Å². The summed E-state index contributed by atoms with van der Waals surface area (Å²) in [6, 6.07) is 8.24. The molecular weight excluding hydrogens is 488 g/mol. The predicted molar refractivity (Wildman–Crippen MR) is 121 cm³/mol. The van der Waals surface area contributed by atoms with Crippen LogP contribution in [0, 0.1) is 0 Å². The van der Waals surface area contributed by atoms with Crippen LogP contribution in [0.15, 0.2) is 48.8 Å². The number of anilines is 2. The fourth-order valence-electron chi connectivity index (χ4n) is 3.58. The number of aromatic nitrogens is 4. The molecule has 6 nitrogen and oxygen atoms in total. The molecule has 0 radical (unpaired) electrons. The molecule has 12 heteroatoms. The molecular formula is C24H19F6N5O. The van der Waals surface area contributed by atoms with E-state index >= 15 is 0 Å². The number of hydrogen-bond donors (Lipinski definition) is 1. The molecule has 0 aliphatic carbocycles. The van der Waals surface area contributed by atoms with Gasteiger partial charge in [0, 0.05) is 35.1 Å². The van der Waals surface area contributed by atoms with E-state index in [1.165, 1.54) is 19.2 Å². The normalized spacial score (nSPS) is 12.1. The molecule has 3 aromatic heterocycles. The Morgan fingerprint density at radius 3 is 2.22 bits per heavy atom. The van der Waals surface area contributed by atoms with Crippen molar-refractivity contribution in [3.8, 4) is 17.1 Å². The molecule has 4 aromatic rings. The SMILES string of the molecule is CCCc1cc(Nc2ncc(C(F)(F)F)cn2)c2ccc(-c3nc(OC)ccc3C(F)(F)F)cc2n1. The van der Waals surface area contributed by atoms with Crippen LogP contribution < -0.4 is 10.1 Å². The molecule has 0 atom stereocenters. The van der Waals surface area contributed by atoms with Gasteiger partial charge in [0.05, 0.1) is 35.1 Å². The van der Waals surface area contributed by atoms with Gasteiger partial charge < -0.3 is 10.1 Å². The van der Waals surface area contributed by atoms with Crippen LogP contribution in [0.4, 0.5) is 38.0 Å². The van der Waals surface area contributed by atoms with E-state index in [-0.39, 0.29) is 23.1 Å². The second-order valence-electron chi connectivity index (χ2n) is 7.81. The average molecular weight is 507 g/mol. The van der Waals surface area contributed by atoms with Gasteiger partial charge >= 0.3 is 12.4 Å². The van der Waals surface area contributed by atoms with Crippen molar-refractivity contribution in [2.75, 3.05) is 12.4 Å². The van der Waals surface area contributed by atoms with E-state index < -0.39 is 23.5 Å². The summed E-state index contributed by atoms with van der Waals surface area (Å²) in [5.74, 6) is -0.0524. The number of nitrogens with zero attached hydrogens (tertiary/aromatic N) is 4. The number of pyridine rings is 2. The smallest absolute Gasteiger partial charge is 0.419 e. The lowest BCUT2D eigenvalue weighted by Gasteiger charge is -2.15. The van der Waals surface area contributed by atoms with E-state index in [9.17, 15) is 26.3 Å². The molecule has 0 saturated heterocycles. The van der Waals surface area contributed by atoms with Crippen molar-refractivity contribution in [3.05, 3.63) is 65.6 Å². The molecule has 188 valence electrons. The minimum atomic E-state index is -4.65. The summed E-state index contributed by atoms with van der Waals surface area (Å²) in [6.45, 7) is 1.93. The van der Waals surface area contributed by atoms with E-state index in [0.29, 0.717) is 41.1 Å². The maximum atomic E-state index is 13.7. The van der Waals surface area contributed by atoms with Crippen LogP contribution in [-0.4, -0.2) is 27.0 Å². The standard InChI is InChI=1S/C24H19F6N5O/c1-3-4-15-10-19(34-22-31-11-14(12-32-22)23(25,26)27)16-6-5-13(9-18(16)33-15)21-17(24(28,29)30)7-8-20(35-21)36-2/h5-12H,3-4H2,1-2H3,(H,31,32,33,34). The van der Waals surface area contributed by atoms with Crippen molar-refractivity contribution in [1.82, 2.24) is 19.9 Å². The number of benzene rings is 1. The Hall–Kier alpha value is -3.96. The zero-order valence-corrected chi connectivity index (χ0v) is 19.0. The Balaban J connectivity index is 1.81. The Labute approximate surface area is 201 Å². The number of fused-ring (bicyclic) bond motifs is 1. The molecule has 0 amide bonds. The first-order chi connectivity index (χ1) is 17.0. The van der Waals surface area contributed by atoms with Gasteiger partial charge in [0.25, 0.3) is 0 Å². The quantitative estimate of drug-likeness (QED) is 0.289. The number of alkyl halides is 6. The Kier molecular flexibility index (Phi) is 6.70. The lowest BCUT2D eigenvalue weighted by Crippen LogP contribution is -2.09. The van der Waals surface area contributed by atoms with E-state index in [2.05, 4.69) is 25.3 Å². The summed E-state index contributed by atoms with van der Waals surface area (Å²) in [5, 5.41) is 3.40. The Morgan fingerprint density at radius 2 is 1.61 bits per heavy atom. The van der Waals surface area contributed by atoms with E-state index in [0.717, 1.165) is 18.6 Å². The van der Waals surface area contributed by atoms with Gasteiger partial charge in [-0.2, -0.15) is 26.3 Å². The maximum absolute atomic E-state index is 13.7. The van der Waals surface area contributed by atoms with E-state index in [4.69, 9.17) is 4.74 Å². The van der Waals surface area contributed by atoms with Crippen LogP contribution in [0.3, 0.4) is 0 Å². The zero-order valence-electron chi connectivity index (χ0n) is 19.0. The van der Waals surface area contributed by atoms with Crippen molar-refractivity contribution in [1.29, 1.82) is 0 Å². The third kappa shape index (κ3) is 5.31. The maximum Gasteiger partial charge on any atom is 0.419 e. The number of ether oxygens (including phenoxy) is 1. The first-order valence-corrected chi connectivity index (χ1v) is 10.7. The summed E-state index contributed by atoms with van der Waals surface area (Å²) in [7, 11) is 1.31. The van der Waals surface area contributed by atoms with Crippen LogP contribution in [0.1, 0.15) is 30.2 Å².